The molecule has 0 aliphatic rings. The highest BCUT2D eigenvalue weighted by molar-refractivity contribution is 8.04. The van der Waals surface area contributed by atoms with Crippen molar-refractivity contribution in [3.05, 3.63) is 58.5 Å². The fourth-order valence-electron chi connectivity index (χ4n) is 2.18. The number of thioether (sulfide) groups is 1. The average Bonchev–Trinajstić information content (AvgIpc) is 3.23. The number of benzene rings is 1. The van der Waals surface area contributed by atoms with E-state index in [-0.39, 0.29) is 10.7 Å². The maximum atomic E-state index is 11.5. The van der Waals surface area contributed by atoms with Gasteiger partial charge in [-0.1, -0.05) is 24.3 Å². The number of nitrogens with zero attached hydrogens (tertiary/aromatic N) is 2. The van der Waals surface area contributed by atoms with Crippen LogP contribution in [0.5, 0.6) is 0 Å². The zero-order valence-electron chi connectivity index (χ0n) is 14.0. The second kappa shape index (κ2) is 7.40. The molecule has 0 saturated heterocycles. The number of aromatic amines is 1. The Bertz CT molecular complexity index is 986. The minimum Gasteiger partial charge on any atom is -0.477 e. The molecule has 0 unspecified atom stereocenters. The third-order valence-corrected chi connectivity index (χ3v) is 4.34. The Morgan fingerprint density at radius 2 is 1.92 bits per heavy atom. The van der Waals surface area contributed by atoms with Gasteiger partial charge in [-0.05, 0) is 37.7 Å². The molecule has 0 bridgehead atoms. The second-order valence-corrected chi connectivity index (χ2v) is 6.46. The number of Topliss-reactive ketones (excluding diaryl/α,β-unsaturated/α-hetero) is 1. The van der Waals surface area contributed by atoms with Crippen LogP contribution in [0.2, 0.25) is 0 Å². The fourth-order valence-corrected chi connectivity index (χ4v) is 2.92. The molecule has 0 spiro atoms. The molecule has 0 amide bonds. The number of aromatic nitrogens is 3. The number of hydrogen-bond donors (Lipinski definition) is 2. The van der Waals surface area contributed by atoms with Crippen molar-refractivity contribution in [3.8, 4) is 11.3 Å². The number of ketones is 1. The molecular formula is C18H15N3O4S. The van der Waals surface area contributed by atoms with Crippen LogP contribution >= 0.6 is 11.8 Å². The van der Waals surface area contributed by atoms with Crippen molar-refractivity contribution in [1.29, 1.82) is 0 Å². The van der Waals surface area contributed by atoms with Crippen LogP contribution < -0.4 is 0 Å². The van der Waals surface area contributed by atoms with Gasteiger partial charge in [-0.3, -0.25) is 9.89 Å². The highest BCUT2D eigenvalue weighted by atomic mass is 32.2. The van der Waals surface area contributed by atoms with Crippen LogP contribution in [0.4, 0.5) is 0 Å². The number of aryl methyl sites for hydroxylation is 1. The van der Waals surface area contributed by atoms with E-state index in [2.05, 4.69) is 15.2 Å². The summed E-state index contributed by atoms with van der Waals surface area (Å²) in [4.78, 5) is 26.9. The molecule has 0 aliphatic heterocycles. The van der Waals surface area contributed by atoms with Crippen molar-refractivity contribution in [2.45, 2.75) is 19.0 Å². The second-order valence-electron chi connectivity index (χ2n) is 5.45. The summed E-state index contributed by atoms with van der Waals surface area (Å²) in [5.74, 6) is 0.473. The Balaban J connectivity index is 1.83. The molecule has 0 aliphatic carbocycles. The number of aliphatic carboxylic acids is 1. The quantitative estimate of drug-likeness (QED) is 0.386. The van der Waals surface area contributed by atoms with Gasteiger partial charge >= 0.3 is 5.97 Å². The van der Waals surface area contributed by atoms with Crippen LogP contribution in [0, 0.1) is 6.92 Å². The first-order chi connectivity index (χ1) is 12.4. The van der Waals surface area contributed by atoms with Gasteiger partial charge in [-0.25, -0.2) is 9.78 Å². The number of nitrogens with one attached hydrogen (secondary N) is 1. The third-order valence-electron chi connectivity index (χ3n) is 3.46. The molecule has 0 atom stereocenters. The largest absolute Gasteiger partial charge is 0.477 e. The first-order valence-corrected chi connectivity index (χ1v) is 8.47. The molecule has 0 saturated carbocycles. The van der Waals surface area contributed by atoms with Gasteiger partial charge in [0, 0.05) is 17.2 Å². The summed E-state index contributed by atoms with van der Waals surface area (Å²) in [6, 6.07) is 10.4. The molecule has 3 rings (SSSR count). The van der Waals surface area contributed by atoms with E-state index < -0.39 is 5.97 Å². The Morgan fingerprint density at radius 1 is 1.19 bits per heavy atom. The van der Waals surface area contributed by atoms with E-state index in [1.807, 2.05) is 0 Å². The van der Waals surface area contributed by atoms with Gasteiger partial charge in [0.2, 0.25) is 5.16 Å². The average molecular weight is 369 g/mol. The summed E-state index contributed by atoms with van der Waals surface area (Å²) in [5.41, 5.74) is 1.41. The zero-order valence-corrected chi connectivity index (χ0v) is 14.8. The molecule has 3 aromatic rings. The van der Waals surface area contributed by atoms with Crippen LogP contribution in [0.15, 0.2) is 50.9 Å². The van der Waals surface area contributed by atoms with Gasteiger partial charge in [0.15, 0.2) is 5.78 Å². The SMILES string of the molecule is CC(=O)c1ccc(-c2ccc(C=C(Sc3n[nH]c(C)n3)C(=O)O)o2)cc1. The summed E-state index contributed by atoms with van der Waals surface area (Å²) in [6.45, 7) is 3.24. The van der Waals surface area contributed by atoms with E-state index in [0.717, 1.165) is 17.3 Å². The molecule has 2 heterocycles. The van der Waals surface area contributed by atoms with E-state index in [9.17, 15) is 14.7 Å². The van der Waals surface area contributed by atoms with E-state index in [4.69, 9.17) is 4.42 Å². The number of carbonyl (C=O) groups excluding carboxylic acids is 1. The highest BCUT2D eigenvalue weighted by Crippen LogP contribution is 2.28. The lowest BCUT2D eigenvalue weighted by Gasteiger charge is -1.99. The van der Waals surface area contributed by atoms with Crippen molar-refractivity contribution in [2.24, 2.45) is 0 Å². The molecule has 2 aromatic heterocycles. The minimum atomic E-state index is -1.10. The predicted molar refractivity (Wildman–Crippen MR) is 96.7 cm³/mol. The summed E-state index contributed by atoms with van der Waals surface area (Å²) in [5, 5.41) is 16.3. The van der Waals surface area contributed by atoms with Crippen molar-refractivity contribution in [1.82, 2.24) is 15.2 Å². The maximum Gasteiger partial charge on any atom is 0.342 e. The minimum absolute atomic E-state index is 0.00930. The number of carboxylic acid groups (broad SMARTS) is 1. The van der Waals surface area contributed by atoms with Gasteiger partial charge in [0.25, 0.3) is 0 Å². The molecule has 132 valence electrons. The molecule has 0 fully saturated rings. The topological polar surface area (TPSA) is 109 Å². The van der Waals surface area contributed by atoms with Crippen LogP contribution in [-0.4, -0.2) is 32.0 Å². The van der Waals surface area contributed by atoms with Gasteiger partial charge < -0.3 is 9.52 Å². The van der Waals surface area contributed by atoms with E-state index in [1.54, 1.807) is 43.3 Å². The summed E-state index contributed by atoms with van der Waals surface area (Å²) in [7, 11) is 0. The fraction of sp³-hybridized carbons (Fsp3) is 0.111. The van der Waals surface area contributed by atoms with Crippen molar-refractivity contribution in [3.63, 3.8) is 0 Å². The van der Waals surface area contributed by atoms with Crippen LogP contribution in [0.1, 0.15) is 28.9 Å². The summed E-state index contributed by atoms with van der Waals surface area (Å²) < 4.78 is 5.71. The lowest BCUT2D eigenvalue weighted by molar-refractivity contribution is -0.131. The molecule has 0 radical (unpaired) electrons. The third kappa shape index (κ3) is 4.09. The van der Waals surface area contributed by atoms with E-state index in [1.165, 1.54) is 13.0 Å². The van der Waals surface area contributed by atoms with Gasteiger partial charge in [-0.15, -0.1) is 5.10 Å². The van der Waals surface area contributed by atoms with Gasteiger partial charge in [-0.2, -0.15) is 0 Å². The number of rotatable bonds is 6. The molecule has 1 aromatic carbocycles. The number of carbonyl (C=O) groups is 2. The number of H-pyrrole nitrogens is 1. The Kier molecular flexibility index (Phi) is 5.04. The van der Waals surface area contributed by atoms with E-state index in [0.29, 0.717) is 28.1 Å². The summed E-state index contributed by atoms with van der Waals surface area (Å²) >= 11 is 0.933. The number of hydrogen-bond acceptors (Lipinski definition) is 6. The summed E-state index contributed by atoms with van der Waals surface area (Å²) in [6.07, 6.45) is 1.42. The van der Waals surface area contributed by atoms with Crippen LogP contribution in [0.25, 0.3) is 17.4 Å². The Labute approximate surface area is 153 Å². The van der Waals surface area contributed by atoms with Crippen molar-refractivity contribution >= 4 is 29.6 Å². The normalized spacial score (nSPS) is 11.5. The Hall–Kier alpha value is -3.13. The number of furan rings is 1. The molecule has 7 nitrogen and oxygen atoms in total. The number of carboxylic acids is 1. The van der Waals surface area contributed by atoms with Gasteiger partial charge in [0.1, 0.15) is 22.3 Å². The first-order valence-electron chi connectivity index (χ1n) is 7.65. The maximum absolute atomic E-state index is 11.5. The highest BCUT2D eigenvalue weighted by Gasteiger charge is 2.14. The molecular weight excluding hydrogens is 354 g/mol. The van der Waals surface area contributed by atoms with Gasteiger partial charge in [0.05, 0.1) is 0 Å². The van der Waals surface area contributed by atoms with Crippen molar-refractivity contribution < 1.29 is 19.1 Å². The predicted octanol–water partition coefficient (Wildman–Crippen LogP) is 3.79. The van der Waals surface area contributed by atoms with Crippen LogP contribution in [0.3, 0.4) is 0 Å². The Morgan fingerprint density at radius 3 is 2.50 bits per heavy atom. The smallest absolute Gasteiger partial charge is 0.342 e. The first kappa shape index (κ1) is 17.7. The van der Waals surface area contributed by atoms with E-state index >= 15 is 0 Å². The monoisotopic (exact) mass is 369 g/mol. The zero-order chi connectivity index (χ0) is 18.7. The van der Waals surface area contributed by atoms with Crippen molar-refractivity contribution in [2.75, 3.05) is 0 Å². The standard InChI is InChI=1S/C18H15N3O4S/c1-10(22)12-3-5-13(6-4-12)15-8-7-14(25-15)9-16(17(23)24)26-18-19-11(2)20-21-18/h3-9H,1-2H3,(H,23,24)(H,19,20,21). The molecule has 26 heavy (non-hydrogen) atoms. The van der Waals surface area contributed by atoms with Crippen LogP contribution in [-0.2, 0) is 4.79 Å². The molecule has 8 heteroatoms. The lowest BCUT2D eigenvalue weighted by atomic mass is 10.1. The lowest BCUT2D eigenvalue weighted by Crippen LogP contribution is -1.97. The molecule has 2 N–H and O–H groups in total.